The maximum absolute atomic E-state index is 11.2. The molecule has 0 aromatic carbocycles. The molecule has 0 aliphatic heterocycles. The Morgan fingerprint density at radius 2 is 2.43 bits per heavy atom. The zero-order valence-corrected chi connectivity index (χ0v) is 8.79. The molecule has 1 aliphatic rings. The third-order valence-corrected chi connectivity index (χ3v) is 3.14. The molecule has 0 amide bonds. The van der Waals surface area contributed by atoms with Crippen LogP contribution in [0.15, 0.2) is 12.4 Å². The van der Waals surface area contributed by atoms with E-state index < -0.39 is 0 Å². The Bertz CT molecular complexity index is 356. The molecule has 1 unspecified atom stereocenters. The minimum atomic E-state index is 0.149. The van der Waals surface area contributed by atoms with Crippen molar-refractivity contribution in [2.24, 2.45) is 12.5 Å². The Hall–Kier alpha value is -1.12. The molecule has 2 rings (SSSR count). The van der Waals surface area contributed by atoms with E-state index in [1.165, 1.54) is 0 Å². The van der Waals surface area contributed by atoms with Gasteiger partial charge in [0.15, 0.2) is 0 Å². The second kappa shape index (κ2) is 3.23. The van der Waals surface area contributed by atoms with Gasteiger partial charge in [-0.05, 0) is 11.8 Å². The fourth-order valence-electron chi connectivity index (χ4n) is 2.19. The van der Waals surface area contributed by atoms with Crippen LogP contribution in [-0.2, 0) is 18.3 Å². The molecule has 1 fully saturated rings. The van der Waals surface area contributed by atoms with Crippen molar-refractivity contribution in [3.63, 3.8) is 0 Å². The number of aryl methyl sites for hydroxylation is 1. The average Bonchev–Trinajstić information content (AvgIpc) is 2.62. The molecule has 3 nitrogen and oxygen atoms in total. The summed E-state index contributed by atoms with van der Waals surface area (Å²) < 4.78 is 2.04. The summed E-state index contributed by atoms with van der Waals surface area (Å²) in [7, 11) is 2.00. The minimum absolute atomic E-state index is 0.149. The van der Waals surface area contributed by atoms with Crippen molar-refractivity contribution in [1.82, 2.24) is 9.55 Å². The Kier molecular flexibility index (Phi) is 2.17. The lowest BCUT2D eigenvalue weighted by Crippen LogP contribution is -2.18. The number of hydrogen-bond donors (Lipinski definition) is 0. The SMILES string of the molecule is Cn1ccnc1CC1(C)CCC(=O)C1. The van der Waals surface area contributed by atoms with Crippen molar-refractivity contribution in [3.05, 3.63) is 18.2 Å². The van der Waals surface area contributed by atoms with Crippen molar-refractivity contribution in [2.75, 3.05) is 0 Å². The van der Waals surface area contributed by atoms with Crippen molar-refractivity contribution in [1.29, 1.82) is 0 Å². The molecule has 1 aliphatic carbocycles. The van der Waals surface area contributed by atoms with E-state index in [1.807, 2.05) is 24.0 Å². The molecule has 0 saturated heterocycles. The van der Waals surface area contributed by atoms with Gasteiger partial charge in [0, 0.05) is 38.7 Å². The van der Waals surface area contributed by atoms with Crippen LogP contribution < -0.4 is 0 Å². The molecule has 1 aromatic rings. The van der Waals surface area contributed by atoms with Crippen LogP contribution in [0.3, 0.4) is 0 Å². The highest BCUT2D eigenvalue weighted by atomic mass is 16.1. The van der Waals surface area contributed by atoms with Gasteiger partial charge in [0.25, 0.3) is 0 Å². The van der Waals surface area contributed by atoms with E-state index in [1.54, 1.807) is 0 Å². The summed E-state index contributed by atoms with van der Waals surface area (Å²) in [4.78, 5) is 15.5. The predicted molar refractivity (Wildman–Crippen MR) is 53.9 cm³/mol. The fourth-order valence-corrected chi connectivity index (χ4v) is 2.19. The second-order valence-electron chi connectivity index (χ2n) is 4.66. The van der Waals surface area contributed by atoms with Crippen LogP contribution in [0.1, 0.15) is 32.0 Å². The van der Waals surface area contributed by atoms with Gasteiger partial charge in [0.2, 0.25) is 0 Å². The first-order valence-corrected chi connectivity index (χ1v) is 5.07. The van der Waals surface area contributed by atoms with Gasteiger partial charge in [-0.3, -0.25) is 4.79 Å². The van der Waals surface area contributed by atoms with Gasteiger partial charge in [-0.15, -0.1) is 0 Å². The van der Waals surface area contributed by atoms with Gasteiger partial charge in [-0.1, -0.05) is 6.92 Å². The van der Waals surface area contributed by atoms with E-state index in [9.17, 15) is 4.79 Å². The molecule has 1 saturated carbocycles. The Morgan fingerprint density at radius 3 is 2.93 bits per heavy atom. The smallest absolute Gasteiger partial charge is 0.133 e. The van der Waals surface area contributed by atoms with Crippen LogP contribution in [0.25, 0.3) is 0 Å². The summed E-state index contributed by atoms with van der Waals surface area (Å²) in [6.07, 6.45) is 7.17. The summed E-state index contributed by atoms with van der Waals surface area (Å²) in [5.74, 6) is 1.49. The highest BCUT2D eigenvalue weighted by Gasteiger charge is 2.34. The minimum Gasteiger partial charge on any atom is -0.338 e. The monoisotopic (exact) mass is 192 g/mol. The van der Waals surface area contributed by atoms with Gasteiger partial charge in [-0.2, -0.15) is 0 Å². The van der Waals surface area contributed by atoms with Gasteiger partial charge in [0.05, 0.1) is 0 Å². The summed E-state index contributed by atoms with van der Waals surface area (Å²) >= 11 is 0. The van der Waals surface area contributed by atoms with E-state index in [2.05, 4.69) is 11.9 Å². The third kappa shape index (κ3) is 1.72. The van der Waals surface area contributed by atoms with Crippen LogP contribution in [0.4, 0.5) is 0 Å². The average molecular weight is 192 g/mol. The van der Waals surface area contributed by atoms with E-state index in [0.29, 0.717) is 5.78 Å². The van der Waals surface area contributed by atoms with Crippen molar-refractivity contribution < 1.29 is 4.79 Å². The van der Waals surface area contributed by atoms with Gasteiger partial charge >= 0.3 is 0 Å². The van der Waals surface area contributed by atoms with Crippen LogP contribution in [0.5, 0.6) is 0 Å². The van der Waals surface area contributed by atoms with Crippen molar-refractivity contribution in [2.45, 2.75) is 32.6 Å². The molecular formula is C11H16N2O. The third-order valence-electron chi connectivity index (χ3n) is 3.14. The molecule has 1 aromatic heterocycles. The van der Waals surface area contributed by atoms with Crippen molar-refractivity contribution >= 4 is 5.78 Å². The lowest BCUT2D eigenvalue weighted by atomic mass is 9.85. The molecule has 0 bridgehead atoms. The highest BCUT2D eigenvalue weighted by molar-refractivity contribution is 5.81. The standard InChI is InChI=1S/C11H16N2O/c1-11(4-3-9(14)7-11)8-10-12-5-6-13(10)2/h5-6H,3-4,7-8H2,1-2H3. The lowest BCUT2D eigenvalue weighted by molar-refractivity contribution is -0.117. The van der Waals surface area contributed by atoms with E-state index in [0.717, 1.165) is 31.5 Å². The number of ketones is 1. The number of carbonyl (C=O) groups is 1. The maximum atomic E-state index is 11.2. The fraction of sp³-hybridized carbons (Fsp3) is 0.636. The molecule has 0 N–H and O–H groups in total. The number of Topliss-reactive ketones (excluding diaryl/α,β-unsaturated/α-hetero) is 1. The van der Waals surface area contributed by atoms with Gasteiger partial charge < -0.3 is 4.57 Å². The van der Waals surface area contributed by atoms with Crippen LogP contribution >= 0.6 is 0 Å². The van der Waals surface area contributed by atoms with E-state index in [4.69, 9.17) is 0 Å². The summed E-state index contributed by atoms with van der Waals surface area (Å²) in [6, 6.07) is 0. The highest BCUT2D eigenvalue weighted by Crippen LogP contribution is 2.37. The molecule has 76 valence electrons. The Morgan fingerprint density at radius 1 is 1.64 bits per heavy atom. The zero-order valence-electron chi connectivity index (χ0n) is 8.79. The number of aromatic nitrogens is 2. The topological polar surface area (TPSA) is 34.9 Å². The summed E-state index contributed by atoms with van der Waals surface area (Å²) in [6.45, 7) is 2.19. The van der Waals surface area contributed by atoms with E-state index in [-0.39, 0.29) is 5.41 Å². The number of rotatable bonds is 2. The van der Waals surface area contributed by atoms with Crippen LogP contribution in [0, 0.1) is 5.41 Å². The normalized spacial score (nSPS) is 27.1. The Balaban J connectivity index is 2.11. The molecule has 3 heteroatoms. The van der Waals surface area contributed by atoms with Crippen molar-refractivity contribution in [3.8, 4) is 0 Å². The molecule has 1 heterocycles. The number of nitrogens with zero attached hydrogens (tertiary/aromatic N) is 2. The van der Waals surface area contributed by atoms with Gasteiger partial charge in [-0.25, -0.2) is 4.98 Å². The van der Waals surface area contributed by atoms with E-state index >= 15 is 0 Å². The first-order valence-electron chi connectivity index (χ1n) is 5.07. The quantitative estimate of drug-likeness (QED) is 0.715. The number of hydrogen-bond acceptors (Lipinski definition) is 2. The molecule has 0 spiro atoms. The molecule has 14 heavy (non-hydrogen) atoms. The largest absolute Gasteiger partial charge is 0.338 e. The maximum Gasteiger partial charge on any atom is 0.133 e. The molecular weight excluding hydrogens is 176 g/mol. The molecule has 0 radical (unpaired) electrons. The van der Waals surface area contributed by atoms with Crippen LogP contribution in [0.2, 0.25) is 0 Å². The van der Waals surface area contributed by atoms with Gasteiger partial charge in [0.1, 0.15) is 11.6 Å². The lowest BCUT2D eigenvalue weighted by Gasteiger charge is -2.21. The van der Waals surface area contributed by atoms with Crippen LogP contribution in [-0.4, -0.2) is 15.3 Å². The number of carbonyl (C=O) groups excluding carboxylic acids is 1. The Labute approximate surface area is 84.1 Å². The first-order chi connectivity index (χ1) is 6.59. The molecule has 1 atom stereocenters. The zero-order chi connectivity index (χ0) is 10.2. The summed E-state index contributed by atoms with van der Waals surface area (Å²) in [5, 5.41) is 0. The predicted octanol–water partition coefficient (Wildman–Crippen LogP) is 1.72. The number of imidazole rings is 1. The second-order valence-corrected chi connectivity index (χ2v) is 4.66. The first kappa shape index (κ1) is 9.44. The summed E-state index contributed by atoms with van der Waals surface area (Å²) in [5.41, 5.74) is 0.149.